The number of Topliss-reactive ketones (excluding diaryl/α,β-unsaturated/α-hetero) is 2. The maximum Gasteiger partial charge on any atom is 0.249 e. The molecule has 3 heterocycles. The molecule has 1 aliphatic carbocycles. The standard InChI is InChI=1S/C28H27N3O7S2/c1-12-22(34)20(14(3)32)24-21(23(12)35)28(4)18(37-24)11-16(33)19(25(28)36)13(2)29-15(8-10-39-5)27-30-26(31-38-27)17-7-6-9-40-17/h6-7,9,11,15,29,34-35H,8,10H2,1-5H3/t15?,28-/m0/s1. The second-order valence-corrected chi connectivity index (χ2v) is 11.7. The van der Waals surface area contributed by atoms with Gasteiger partial charge in [-0.1, -0.05) is 11.2 Å². The molecule has 2 aromatic heterocycles. The summed E-state index contributed by atoms with van der Waals surface area (Å²) in [6, 6.07) is 3.29. The van der Waals surface area contributed by atoms with E-state index < -0.39 is 34.6 Å². The Morgan fingerprint density at radius 3 is 2.65 bits per heavy atom. The zero-order valence-electron chi connectivity index (χ0n) is 22.4. The number of fused-ring (bicyclic) bond motifs is 3. The van der Waals surface area contributed by atoms with Gasteiger partial charge in [-0.15, -0.1) is 11.3 Å². The van der Waals surface area contributed by atoms with Gasteiger partial charge in [0.15, 0.2) is 17.3 Å². The Morgan fingerprint density at radius 2 is 2.00 bits per heavy atom. The molecule has 2 atom stereocenters. The maximum absolute atomic E-state index is 14.1. The summed E-state index contributed by atoms with van der Waals surface area (Å²) in [6.07, 6.45) is 3.73. The molecule has 0 bridgehead atoms. The largest absolute Gasteiger partial charge is 0.507 e. The summed E-state index contributed by atoms with van der Waals surface area (Å²) in [6.45, 7) is 5.84. The molecule has 1 unspecified atom stereocenters. The van der Waals surface area contributed by atoms with Crippen molar-refractivity contribution < 1.29 is 33.9 Å². The van der Waals surface area contributed by atoms with E-state index in [2.05, 4.69) is 15.5 Å². The summed E-state index contributed by atoms with van der Waals surface area (Å²) in [4.78, 5) is 45.2. The van der Waals surface area contributed by atoms with Crippen LogP contribution >= 0.6 is 23.1 Å². The molecule has 3 N–H and O–H groups in total. The minimum Gasteiger partial charge on any atom is -0.507 e. The molecule has 3 aromatic rings. The van der Waals surface area contributed by atoms with Gasteiger partial charge < -0.3 is 24.8 Å². The number of thioether (sulfide) groups is 1. The lowest BCUT2D eigenvalue weighted by Crippen LogP contribution is -2.41. The third-order valence-electron chi connectivity index (χ3n) is 7.24. The molecule has 5 rings (SSSR count). The van der Waals surface area contributed by atoms with Gasteiger partial charge in [-0.3, -0.25) is 14.4 Å². The van der Waals surface area contributed by atoms with Gasteiger partial charge in [-0.05, 0) is 57.6 Å². The molecule has 0 saturated carbocycles. The van der Waals surface area contributed by atoms with Crippen LogP contribution in [-0.2, 0) is 15.0 Å². The third-order valence-corrected chi connectivity index (χ3v) is 8.75. The average Bonchev–Trinajstić information content (AvgIpc) is 3.65. The van der Waals surface area contributed by atoms with Crippen LogP contribution in [0.1, 0.15) is 60.6 Å². The highest BCUT2D eigenvalue weighted by atomic mass is 32.2. The van der Waals surface area contributed by atoms with Gasteiger partial charge in [0.25, 0.3) is 0 Å². The van der Waals surface area contributed by atoms with Crippen molar-refractivity contribution in [3.8, 4) is 28.0 Å². The van der Waals surface area contributed by atoms with Crippen molar-refractivity contribution in [3.05, 3.63) is 63.2 Å². The Balaban J connectivity index is 1.57. The van der Waals surface area contributed by atoms with E-state index >= 15 is 0 Å². The number of phenolic OH excluding ortho intramolecular Hbond substituents is 2. The Labute approximate surface area is 238 Å². The molecule has 40 heavy (non-hydrogen) atoms. The number of hydrogen-bond donors (Lipinski definition) is 3. The Bertz CT molecular complexity index is 1620. The van der Waals surface area contributed by atoms with Crippen molar-refractivity contribution in [2.75, 3.05) is 12.0 Å². The summed E-state index contributed by atoms with van der Waals surface area (Å²) < 4.78 is 11.4. The van der Waals surface area contributed by atoms with Gasteiger partial charge in [0.1, 0.15) is 40.0 Å². The minimum absolute atomic E-state index is 0.0201. The van der Waals surface area contributed by atoms with Gasteiger partial charge in [0.05, 0.1) is 16.0 Å². The van der Waals surface area contributed by atoms with E-state index in [0.717, 1.165) is 10.6 Å². The first kappa shape index (κ1) is 27.7. The number of aromatic nitrogens is 2. The van der Waals surface area contributed by atoms with Crippen LogP contribution in [0.2, 0.25) is 0 Å². The van der Waals surface area contributed by atoms with E-state index in [-0.39, 0.29) is 39.5 Å². The molecular formula is C28H27N3O7S2. The van der Waals surface area contributed by atoms with Crippen molar-refractivity contribution in [2.45, 2.75) is 45.6 Å². The van der Waals surface area contributed by atoms with Crippen LogP contribution < -0.4 is 10.1 Å². The molecule has 1 aliphatic heterocycles. The van der Waals surface area contributed by atoms with E-state index in [1.807, 2.05) is 23.8 Å². The van der Waals surface area contributed by atoms with Crippen molar-refractivity contribution in [1.29, 1.82) is 0 Å². The molecule has 0 saturated heterocycles. The Kier molecular flexibility index (Phi) is 7.09. The highest BCUT2D eigenvalue weighted by Gasteiger charge is 2.56. The Hall–Kier alpha value is -3.90. The molecule has 12 heteroatoms. The molecular weight excluding hydrogens is 554 g/mol. The number of benzene rings is 1. The van der Waals surface area contributed by atoms with Gasteiger partial charge in [0, 0.05) is 17.3 Å². The number of carbonyl (C=O) groups excluding carboxylic acids is 3. The van der Waals surface area contributed by atoms with E-state index in [0.29, 0.717) is 23.8 Å². The number of thiophene rings is 1. The zero-order chi connectivity index (χ0) is 28.9. The van der Waals surface area contributed by atoms with Crippen molar-refractivity contribution in [1.82, 2.24) is 15.5 Å². The third kappa shape index (κ3) is 4.22. The fraction of sp³-hybridized carbons (Fsp3) is 0.321. The number of ketones is 3. The van der Waals surface area contributed by atoms with Crippen molar-refractivity contribution >= 4 is 40.4 Å². The summed E-state index contributed by atoms with van der Waals surface area (Å²) in [5, 5.41) is 30.8. The molecule has 208 valence electrons. The van der Waals surface area contributed by atoms with Crippen LogP contribution in [0.4, 0.5) is 0 Å². The monoisotopic (exact) mass is 581 g/mol. The summed E-state index contributed by atoms with van der Waals surface area (Å²) in [7, 11) is 0. The first-order chi connectivity index (χ1) is 19.0. The summed E-state index contributed by atoms with van der Waals surface area (Å²) in [5.74, 6) is -1.15. The summed E-state index contributed by atoms with van der Waals surface area (Å²) in [5.41, 5.74) is -1.50. The minimum atomic E-state index is -1.60. The summed E-state index contributed by atoms with van der Waals surface area (Å²) >= 11 is 3.11. The van der Waals surface area contributed by atoms with Crippen molar-refractivity contribution in [2.24, 2.45) is 0 Å². The number of hydrogen-bond acceptors (Lipinski definition) is 12. The van der Waals surface area contributed by atoms with E-state index in [1.54, 1.807) is 18.7 Å². The van der Waals surface area contributed by atoms with Crippen molar-refractivity contribution in [3.63, 3.8) is 0 Å². The van der Waals surface area contributed by atoms with Gasteiger partial charge in [-0.25, -0.2) is 0 Å². The van der Waals surface area contributed by atoms with Gasteiger partial charge in [-0.2, -0.15) is 16.7 Å². The first-order valence-corrected chi connectivity index (χ1v) is 14.7. The predicted octanol–water partition coefficient (Wildman–Crippen LogP) is 4.76. The topological polar surface area (TPSA) is 152 Å². The second-order valence-electron chi connectivity index (χ2n) is 9.80. The first-order valence-electron chi connectivity index (χ1n) is 12.4. The molecule has 0 spiro atoms. The fourth-order valence-corrected chi connectivity index (χ4v) is 6.19. The van der Waals surface area contributed by atoms with Gasteiger partial charge >= 0.3 is 0 Å². The molecule has 0 fully saturated rings. The molecule has 1 aromatic carbocycles. The fourth-order valence-electron chi connectivity index (χ4n) is 5.07. The smallest absolute Gasteiger partial charge is 0.249 e. The SMILES string of the molecule is CSCCC(NC(C)=C1C(=O)C=C2Oc3c(C(C)=O)c(O)c(C)c(O)c3[C@@]2(C)C1=O)c1nc(-c2cccs2)no1. The number of phenols is 2. The lowest BCUT2D eigenvalue weighted by molar-refractivity contribution is -0.123. The quantitative estimate of drug-likeness (QED) is 0.192. The van der Waals surface area contributed by atoms with E-state index in [1.165, 1.54) is 38.2 Å². The molecule has 2 aliphatic rings. The lowest BCUT2D eigenvalue weighted by Gasteiger charge is -2.29. The van der Waals surface area contributed by atoms with Crippen LogP contribution in [0.15, 0.2) is 45.1 Å². The van der Waals surface area contributed by atoms with Crippen LogP contribution in [0.3, 0.4) is 0 Å². The number of aromatic hydroxyl groups is 2. The average molecular weight is 582 g/mol. The molecule has 0 radical (unpaired) electrons. The van der Waals surface area contributed by atoms with E-state index in [4.69, 9.17) is 9.26 Å². The highest BCUT2D eigenvalue weighted by molar-refractivity contribution is 7.98. The number of rotatable bonds is 8. The van der Waals surface area contributed by atoms with Crippen LogP contribution in [-0.4, -0.2) is 49.7 Å². The zero-order valence-corrected chi connectivity index (χ0v) is 24.1. The number of ether oxygens (including phenoxy) is 1. The second kappa shape index (κ2) is 10.3. The van der Waals surface area contributed by atoms with Gasteiger partial charge in [0.2, 0.25) is 11.7 Å². The lowest BCUT2D eigenvalue weighted by atomic mass is 9.70. The number of allylic oxidation sites excluding steroid dienone is 4. The molecule has 10 nitrogen and oxygen atoms in total. The Morgan fingerprint density at radius 1 is 1.25 bits per heavy atom. The highest BCUT2D eigenvalue weighted by Crippen LogP contribution is 2.57. The predicted molar refractivity (Wildman–Crippen MR) is 150 cm³/mol. The number of carbonyl (C=O) groups is 3. The normalized spacial score (nSPS) is 20.0. The number of nitrogens with one attached hydrogen (secondary N) is 1. The number of nitrogens with zero attached hydrogens (tertiary/aromatic N) is 2. The molecule has 0 amide bonds. The van der Waals surface area contributed by atoms with Crippen LogP contribution in [0, 0.1) is 6.92 Å². The maximum atomic E-state index is 14.1. The van der Waals surface area contributed by atoms with Crippen LogP contribution in [0.5, 0.6) is 17.2 Å². The van der Waals surface area contributed by atoms with E-state index in [9.17, 15) is 24.6 Å². The van der Waals surface area contributed by atoms with Crippen LogP contribution in [0.25, 0.3) is 10.7 Å².